The van der Waals surface area contributed by atoms with Gasteiger partial charge in [-0.15, -0.1) is 0 Å². The van der Waals surface area contributed by atoms with E-state index >= 15 is 0 Å². The standard InChI is InChI=1S/C14H21NO4S/c1-11(2)10-19-13-3-5-14(6-4-13)20(17,18)15-8-7-12(16)9-15/h3-6,11-12,16H,7-10H2,1-2H3. The highest BCUT2D eigenvalue weighted by Crippen LogP contribution is 2.23. The second-order valence-electron chi connectivity index (χ2n) is 5.48. The first kappa shape index (κ1) is 15.3. The summed E-state index contributed by atoms with van der Waals surface area (Å²) in [6, 6.07) is 6.44. The molecule has 1 unspecified atom stereocenters. The van der Waals surface area contributed by atoms with Crippen LogP contribution in [0.5, 0.6) is 5.75 Å². The Kier molecular flexibility index (Phi) is 4.67. The van der Waals surface area contributed by atoms with E-state index in [-0.39, 0.29) is 11.4 Å². The van der Waals surface area contributed by atoms with Gasteiger partial charge in [0.05, 0.1) is 17.6 Å². The molecule has 1 N–H and O–H groups in total. The summed E-state index contributed by atoms with van der Waals surface area (Å²) in [5.74, 6) is 1.09. The van der Waals surface area contributed by atoms with Gasteiger partial charge in [0.15, 0.2) is 0 Å². The summed E-state index contributed by atoms with van der Waals surface area (Å²) in [7, 11) is -3.50. The summed E-state index contributed by atoms with van der Waals surface area (Å²) in [6.07, 6.45) is -0.0622. The van der Waals surface area contributed by atoms with Crippen LogP contribution < -0.4 is 4.74 Å². The van der Waals surface area contributed by atoms with Crippen molar-refractivity contribution in [3.8, 4) is 5.75 Å². The normalized spacial score (nSPS) is 20.5. The van der Waals surface area contributed by atoms with Crippen LogP contribution in [-0.2, 0) is 10.0 Å². The molecule has 0 bridgehead atoms. The van der Waals surface area contributed by atoms with Crippen molar-refractivity contribution in [2.45, 2.75) is 31.3 Å². The molecular weight excluding hydrogens is 278 g/mol. The van der Waals surface area contributed by atoms with Crippen molar-refractivity contribution in [3.63, 3.8) is 0 Å². The zero-order valence-corrected chi connectivity index (χ0v) is 12.6. The lowest BCUT2D eigenvalue weighted by atomic mass is 10.2. The van der Waals surface area contributed by atoms with Crippen LogP contribution in [0.2, 0.25) is 0 Å². The van der Waals surface area contributed by atoms with Gasteiger partial charge in [-0.2, -0.15) is 4.31 Å². The Bertz CT molecular complexity index is 539. The topological polar surface area (TPSA) is 66.8 Å². The maximum atomic E-state index is 12.3. The van der Waals surface area contributed by atoms with Crippen LogP contribution in [-0.4, -0.2) is 43.6 Å². The van der Waals surface area contributed by atoms with Crippen LogP contribution in [0, 0.1) is 5.92 Å². The van der Waals surface area contributed by atoms with Crippen molar-refractivity contribution < 1.29 is 18.3 Å². The third kappa shape index (κ3) is 3.50. The van der Waals surface area contributed by atoms with Crippen molar-refractivity contribution in [2.75, 3.05) is 19.7 Å². The third-order valence-electron chi connectivity index (χ3n) is 3.17. The molecule has 5 nitrogen and oxygen atoms in total. The molecule has 1 aliphatic rings. The predicted molar refractivity (Wildman–Crippen MR) is 76.2 cm³/mol. The van der Waals surface area contributed by atoms with Crippen LogP contribution in [0.1, 0.15) is 20.3 Å². The van der Waals surface area contributed by atoms with E-state index in [1.165, 1.54) is 4.31 Å². The van der Waals surface area contributed by atoms with Gasteiger partial charge in [0.25, 0.3) is 0 Å². The molecule has 0 spiro atoms. The molecule has 1 aromatic rings. The van der Waals surface area contributed by atoms with Gasteiger partial charge in [-0.05, 0) is 36.6 Å². The van der Waals surface area contributed by atoms with E-state index in [9.17, 15) is 13.5 Å². The smallest absolute Gasteiger partial charge is 0.243 e. The molecule has 6 heteroatoms. The van der Waals surface area contributed by atoms with E-state index < -0.39 is 16.1 Å². The van der Waals surface area contributed by atoms with Crippen molar-refractivity contribution in [3.05, 3.63) is 24.3 Å². The molecule has 0 aliphatic carbocycles. The molecule has 2 rings (SSSR count). The number of nitrogens with zero attached hydrogens (tertiary/aromatic N) is 1. The lowest BCUT2D eigenvalue weighted by Gasteiger charge is -2.16. The molecule has 1 heterocycles. The molecule has 0 radical (unpaired) electrons. The highest BCUT2D eigenvalue weighted by molar-refractivity contribution is 7.89. The minimum atomic E-state index is -3.50. The fourth-order valence-electron chi connectivity index (χ4n) is 2.05. The summed E-state index contributed by atoms with van der Waals surface area (Å²) in [5.41, 5.74) is 0. The first-order valence-corrected chi connectivity index (χ1v) is 8.24. The molecule has 1 aromatic carbocycles. The molecule has 0 aromatic heterocycles. The SMILES string of the molecule is CC(C)COc1ccc(S(=O)(=O)N2CCC(O)C2)cc1. The Morgan fingerprint density at radius 3 is 2.50 bits per heavy atom. The van der Waals surface area contributed by atoms with Crippen molar-refractivity contribution in [2.24, 2.45) is 5.92 Å². The molecule has 20 heavy (non-hydrogen) atoms. The van der Waals surface area contributed by atoms with E-state index in [1.54, 1.807) is 24.3 Å². The van der Waals surface area contributed by atoms with Gasteiger partial charge in [-0.25, -0.2) is 8.42 Å². The molecule has 1 atom stereocenters. The first-order valence-electron chi connectivity index (χ1n) is 6.80. The number of aliphatic hydroxyl groups excluding tert-OH is 1. The zero-order valence-electron chi connectivity index (χ0n) is 11.8. The minimum absolute atomic E-state index is 0.175. The van der Waals surface area contributed by atoms with Gasteiger partial charge in [0.2, 0.25) is 10.0 Å². The van der Waals surface area contributed by atoms with Crippen molar-refractivity contribution in [1.82, 2.24) is 4.31 Å². The van der Waals surface area contributed by atoms with Gasteiger partial charge in [0, 0.05) is 13.1 Å². The number of β-amino-alcohol motifs (C(OH)–C–C–N with tert-alkyl or cyclic N) is 1. The lowest BCUT2D eigenvalue weighted by molar-refractivity contribution is 0.189. The summed E-state index contributed by atoms with van der Waals surface area (Å²) in [6.45, 7) is 5.25. The average Bonchev–Trinajstić information content (AvgIpc) is 2.84. The summed E-state index contributed by atoms with van der Waals surface area (Å²) < 4.78 is 31.5. The maximum absolute atomic E-state index is 12.3. The number of sulfonamides is 1. The van der Waals surface area contributed by atoms with Gasteiger partial charge >= 0.3 is 0 Å². The zero-order chi connectivity index (χ0) is 14.8. The second kappa shape index (κ2) is 6.11. The quantitative estimate of drug-likeness (QED) is 0.894. The molecule has 0 saturated carbocycles. The Balaban J connectivity index is 2.09. The molecule has 1 fully saturated rings. The molecule has 0 amide bonds. The Labute approximate surface area is 120 Å². The monoisotopic (exact) mass is 299 g/mol. The number of rotatable bonds is 5. The maximum Gasteiger partial charge on any atom is 0.243 e. The number of benzene rings is 1. The number of hydrogen-bond donors (Lipinski definition) is 1. The van der Waals surface area contributed by atoms with Gasteiger partial charge in [0.1, 0.15) is 5.75 Å². The van der Waals surface area contributed by atoms with Gasteiger partial charge < -0.3 is 9.84 Å². The highest BCUT2D eigenvalue weighted by atomic mass is 32.2. The van der Waals surface area contributed by atoms with E-state index in [0.29, 0.717) is 31.2 Å². The Hall–Kier alpha value is -1.11. The first-order chi connectivity index (χ1) is 9.39. The van der Waals surface area contributed by atoms with Gasteiger partial charge in [-0.1, -0.05) is 13.8 Å². The second-order valence-corrected chi connectivity index (χ2v) is 7.42. The largest absolute Gasteiger partial charge is 0.493 e. The highest BCUT2D eigenvalue weighted by Gasteiger charge is 2.31. The minimum Gasteiger partial charge on any atom is -0.493 e. The summed E-state index contributed by atoms with van der Waals surface area (Å²) >= 11 is 0. The van der Waals surface area contributed by atoms with E-state index in [1.807, 2.05) is 0 Å². The molecule has 1 aliphatic heterocycles. The Morgan fingerprint density at radius 1 is 1.35 bits per heavy atom. The van der Waals surface area contributed by atoms with Crippen LogP contribution >= 0.6 is 0 Å². The van der Waals surface area contributed by atoms with Gasteiger partial charge in [-0.3, -0.25) is 0 Å². The molecule has 112 valence electrons. The number of hydrogen-bond acceptors (Lipinski definition) is 4. The van der Waals surface area contributed by atoms with Crippen LogP contribution in [0.3, 0.4) is 0 Å². The van der Waals surface area contributed by atoms with Crippen LogP contribution in [0.25, 0.3) is 0 Å². The predicted octanol–water partition coefficient (Wildman–Crippen LogP) is 1.48. The van der Waals surface area contributed by atoms with E-state index in [2.05, 4.69) is 13.8 Å². The third-order valence-corrected chi connectivity index (χ3v) is 5.05. The average molecular weight is 299 g/mol. The van der Waals surface area contributed by atoms with Crippen molar-refractivity contribution in [1.29, 1.82) is 0 Å². The molecular formula is C14H21NO4S. The lowest BCUT2D eigenvalue weighted by Crippen LogP contribution is -2.29. The summed E-state index contributed by atoms with van der Waals surface area (Å²) in [5, 5.41) is 9.45. The Morgan fingerprint density at radius 2 is 2.00 bits per heavy atom. The van der Waals surface area contributed by atoms with E-state index in [4.69, 9.17) is 4.74 Å². The molecule has 1 saturated heterocycles. The number of aliphatic hydroxyl groups is 1. The van der Waals surface area contributed by atoms with Crippen molar-refractivity contribution >= 4 is 10.0 Å². The number of ether oxygens (including phenoxy) is 1. The van der Waals surface area contributed by atoms with Crippen LogP contribution in [0.15, 0.2) is 29.2 Å². The fourth-order valence-corrected chi connectivity index (χ4v) is 3.54. The summed E-state index contributed by atoms with van der Waals surface area (Å²) in [4.78, 5) is 0.239. The van der Waals surface area contributed by atoms with E-state index in [0.717, 1.165) is 0 Å². The fraction of sp³-hybridized carbons (Fsp3) is 0.571. The van der Waals surface area contributed by atoms with Crippen LogP contribution in [0.4, 0.5) is 0 Å².